The summed E-state index contributed by atoms with van der Waals surface area (Å²) in [7, 11) is -1.80. The van der Waals surface area contributed by atoms with E-state index in [1.807, 2.05) is 30.3 Å². The molecule has 3 rings (SSSR count). The van der Waals surface area contributed by atoms with Crippen LogP contribution in [0.5, 0.6) is 5.75 Å². The van der Waals surface area contributed by atoms with Crippen molar-refractivity contribution in [1.82, 2.24) is 9.62 Å². The summed E-state index contributed by atoms with van der Waals surface area (Å²) in [6.45, 7) is 2.17. The number of nitrogens with zero attached hydrogens (tertiary/aromatic N) is 2. The predicted molar refractivity (Wildman–Crippen MR) is 117 cm³/mol. The molecule has 1 aliphatic heterocycles. The zero-order valence-electron chi connectivity index (χ0n) is 16.2. The lowest BCUT2D eigenvalue weighted by atomic mass is 10.2. The van der Waals surface area contributed by atoms with Crippen LogP contribution < -0.4 is 15.0 Å². The normalized spacial score (nSPS) is 15.2. The van der Waals surface area contributed by atoms with Crippen LogP contribution in [0, 0.1) is 0 Å². The van der Waals surface area contributed by atoms with Gasteiger partial charge in [-0.3, -0.25) is 4.79 Å². The molecule has 29 heavy (non-hydrogen) atoms. The topological polar surface area (TPSA) is 79.0 Å². The molecule has 1 heterocycles. The van der Waals surface area contributed by atoms with Crippen LogP contribution >= 0.6 is 15.9 Å². The molecule has 1 saturated heterocycles. The Hall–Kier alpha value is -2.10. The smallest absolute Gasteiger partial charge is 0.251 e. The molecule has 0 unspecified atom stereocenters. The van der Waals surface area contributed by atoms with E-state index in [-0.39, 0.29) is 18.2 Å². The number of hydrogen-bond acceptors (Lipinski definition) is 5. The van der Waals surface area contributed by atoms with E-state index in [2.05, 4.69) is 26.1 Å². The van der Waals surface area contributed by atoms with E-state index < -0.39 is 10.0 Å². The Morgan fingerprint density at radius 1 is 1.10 bits per heavy atom. The highest BCUT2D eigenvalue weighted by atomic mass is 79.9. The number of benzene rings is 2. The highest BCUT2D eigenvalue weighted by molar-refractivity contribution is 9.10. The molecule has 0 bridgehead atoms. The number of carbonyl (C=O) groups excluding carboxylic acids is 1. The van der Waals surface area contributed by atoms with Crippen LogP contribution in [0.25, 0.3) is 0 Å². The number of anilines is 1. The van der Waals surface area contributed by atoms with Crippen LogP contribution in [0.3, 0.4) is 0 Å². The standard InChI is InChI=1S/C20H24BrN3O4S/c1-28-19-7-5-18(6-8-19)23-10-12-24(13-11-23)29(26,27)14-9-22-20(25)16-3-2-4-17(21)15-16/h2-8,15H,9-14H2,1H3,(H,22,25). The maximum Gasteiger partial charge on any atom is 0.251 e. The minimum Gasteiger partial charge on any atom is -0.497 e. The van der Waals surface area contributed by atoms with Gasteiger partial charge in [0.05, 0.1) is 12.9 Å². The average Bonchev–Trinajstić information content (AvgIpc) is 2.74. The van der Waals surface area contributed by atoms with Crippen LogP contribution in [-0.2, 0) is 10.0 Å². The van der Waals surface area contributed by atoms with Gasteiger partial charge in [0.1, 0.15) is 5.75 Å². The molecule has 0 atom stereocenters. The van der Waals surface area contributed by atoms with Gasteiger partial charge in [0.25, 0.3) is 5.91 Å². The van der Waals surface area contributed by atoms with E-state index >= 15 is 0 Å². The van der Waals surface area contributed by atoms with E-state index in [4.69, 9.17) is 4.74 Å². The fraction of sp³-hybridized carbons (Fsp3) is 0.350. The van der Waals surface area contributed by atoms with Crippen LogP contribution in [0.4, 0.5) is 5.69 Å². The number of carbonyl (C=O) groups is 1. The SMILES string of the molecule is COc1ccc(N2CCN(S(=O)(=O)CCNC(=O)c3cccc(Br)c3)CC2)cc1. The van der Waals surface area contributed by atoms with E-state index in [9.17, 15) is 13.2 Å². The second-order valence-corrected chi connectivity index (χ2v) is 9.67. The molecular weight excluding hydrogens is 458 g/mol. The predicted octanol–water partition coefficient (Wildman–Crippen LogP) is 2.34. The molecular formula is C20H24BrN3O4S. The summed E-state index contributed by atoms with van der Waals surface area (Å²) >= 11 is 3.32. The molecule has 1 N–H and O–H groups in total. The van der Waals surface area contributed by atoms with Crippen molar-refractivity contribution in [1.29, 1.82) is 0 Å². The van der Waals surface area contributed by atoms with Gasteiger partial charge in [0, 0.05) is 48.4 Å². The number of rotatable bonds is 7. The third kappa shape index (κ3) is 5.71. The first-order chi connectivity index (χ1) is 13.9. The average molecular weight is 482 g/mol. The quantitative estimate of drug-likeness (QED) is 0.656. The van der Waals surface area contributed by atoms with Crippen molar-refractivity contribution >= 4 is 37.5 Å². The Morgan fingerprint density at radius 2 is 1.79 bits per heavy atom. The fourth-order valence-electron chi connectivity index (χ4n) is 3.17. The van der Waals surface area contributed by atoms with Crippen LogP contribution in [0.2, 0.25) is 0 Å². The van der Waals surface area contributed by atoms with Crippen molar-refractivity contribution in [2.45, 2.75) is 0 Å². The summed E-state index contributed by atoms with van der Waals surface area (Å²) in [5.74, 6) is 0.389. The van der Waals surface area contributed by atoms with Gasteiger partial charge in [0.15, 0.2) is 0 Å². The van der Waals surface area contributed by atoms with Gasteiger partial charge in [-0.1, -0.05) is 22.0 Å². The van der Waals surface area contributed by atoms with Crippen molar-refractivity contribution in [2.75, 3.05) is 50.5 Å². The largest absolute Gasteiger partial charge is 0.497 e. The Kier molecular flexibility index (Phi) is 7.15. The van der Waals surface area contributed by atoms with E-state index in [1.165, 1.54) is 4.31 Å². The molecule has 0 radical (unpaired) electrons. The molecule has 0 saturated carbocycles. The van der Waals surface area contributed by atoms with Crippen molar-refractivity contribution in [3.05, 3.63) is 58.6 Å². The van der Waals surface area contributed by atoms with E-state index in [1.54, 1.807) is 25.3 Å². The van der Waals surface area contributed by atoms with Crippen LogP contribution in [0.1, 0.15) is 10.4 Å². The molecule has 156 valence electrons. The second-order valence-electron chi connectivity index (χ2n) is 6.67. The van der Waals surface area contributed by atoms with Crippen molar-refractivity contribution < 1.29 is 17.9 Å². The first-order valence-corrected chi connectivity index (χ1v) is 11.7. The van der Waals surface area contributed by atoms with Crippen molar-refractivity contribution in [2.24, 2.45) is 0 Å². The van der Waals surface area contributed by atoms with Gasteiger partial charge in [-0.05, 0) is 42.5 Å². The summed E-state index contributed by atoms with van der Waals surface area (Å²) in [6.07, 6.45) is 0. The zero-order valence-corrected chi connectivity index (χ0v) is 18.6. The van der Waals surface area contributed by atoms with E-state index in [0.29, 0.717) is 31.7 Å². The number of sulfonamides is 1. The Morgan fingerprint density at radius 3 is 2.41 bits per heavy atom. The molecule has 1 fully saturated rings. The minimum absolute atomic E-state index is 0.0758. The molecule has 0 spiro atoms. The van der Waals surface area contributed by atoms with Crippen LogP contribution in [-0.4, -0.2) is 64.2 Å². The maximum absolute atomic E-state index is 12.6. The third-order valence-corrected chi connectivity index (χ3v) is 7.17. The molecule has 7 nitrogen and oxygen atoms in total. The third-order valence-electron chi connectivity index (χ3n) is 4.80. The summed E-state index contributed by atoms with van der Waals surface area (Å²) in [5.41, 5.74) is 1.54. The van der Waals surface area contributed by atoms with Gasteiger partial charge in [-0.15, -0.1) is 0 Å². The number of ether oxygens (including phenoxy) is 1. The fourth-order valence-corrected chi connectivity index (χ4v) is 4.91. The minimum atomic E-state index is -3.42. The van der Waals surface area contributed by atoms with E-state index in [0.717, 1.165) is 15.9 Å². The first-order valence-electron chi connectivity index (χ1n) is 9.29. The van der Waals surface area contributed by atoms with Gasteiger partial charge in [-0.2, -0.15) is 4.31 Å². The second kappa shape index (κ2) is 9.60. The number of methoxy groups -OCH3 is 1. The van der Waals surface area contributed by atoms with Crippen molar-refractivity contribution in [3.63, 3.8) is 0 Å². The summed E-state index contributed by atoms with van der Waals surface area (Å²) < 4.78 is 32.7. The first kappa shape index (κ1) is 21.6. The highest BCUT2D eigenvalue weighted by Crippen LogP contribution is 2.21. The number of amides is 1. The molecule has 0 aliphatic carbocycles. The zero-order chi connectivity index (χ0) is 20.9. The van der Waals surface area contributed by atoms with Crippen molar-refractivity contribution in [3.8, 4) is 5.75 Å². The van der Waals surface area contributed by atoms with Crippen LogP contribution in [0.15, 0.2) is 53.0 Å². The molecule has 2 aromatic carbocycles. The summed E-state index contributed by atoms with van der Waals surface area (Å²) in [4.78, 5) is 14.3. The number of piperazine rings is 1. The molecule has 1 amide bonds. The Labute approximate surface area is 179 Å². The number of hydrogen-bond donors (Lipinski definition) is 1. The molecule has 9 heteroatoms. The van der Waals surface area contributed by atoms with Gasteiger partial charge in [-0.25, -0.2) is 8.42 Å². The lowest BCUT2D eigenvalue weighted by Crippen LogP contribution is -2.50. The monoisotopic (exact) mass is 481 g/mol. The lowest BCUT2D eigenvalue weighted by Gasteiger charge is -2.35. The Bertz CT molecular complexity index is 942. The summed E-state index contributed by atoms with van der Waals surface area (Å²) in [6, 6.07) is 14.7. The van der Waals surface area contributed by atoms with Gasteiger partial charge in [0.2, 0.25) is 10.0 Å². The number of halogens is 1. The molecule has 2 aromatic rings. The Balaban J connectivity index is 1.48. The highest BCUT2D eigenvalue weighted by Gasteiger charge is 2.27. The van der Waals surface area contributed by atoms with Gasteiger partial charge >= 0.3 is 0 Å². The maximum atomic E-state index is 12.6. The summed E-state index contributed by atoms with van der Waals surface area (Å²) in [5, 5.41) is 2.68. The lowest BCUT2D eigenvalue weighted by molar-refractivity contribution is 0.0956. The van der Waals surface area contributed by atoms with Gasteiger partial charge < -0.3 is 15.0 Å². The molecule has 0 aromatic heterocycles. The number of nitrogens with one attached hydrogen (secondary N) is 1. The molecule has 1 aliphatic rings.